The molecule has 0 bridgehead atoms. The van der Waals surface area contributed by atoms with E-state index in [1.54, 1.807) is 12.3 Å². The normalized spacial score (nSPS) is 18.4. The van der Waals surface area contributed by atoms with Crippen molar-refractivity contribution in [1.29, 1.82) is 0 Å². The molecule has 5 heteroatoms. The fourth-order valence-electron chi connectivity index (χ4n) is 2.34. The highest BCUT2D eigenvalue weighted by molar-refractivity contribution is 5.77. The second-order valence-corrected chi connectivity index (χ2v) is 4.67. The van der Waals surface area contributed by atoms with Crippen LogP contribution >= 0.6 is 0 Å². The Bertz CT molecular complexity index is 407. The summed E-state index contributed by atoms with van der Waals surface area (Å²) in [6, 6.07) is 4.11. The number of guanidine groups is 1. The zero-order valence-electron chi connectivity index (χ0n) is 11.2. The molecule has 2 rings (SSSR count). The minimum atomic E-state index is 0.182. The molecule has 0 radical (unpaired) electrons. The van der Waals surface area contributed by atoms with Gasteiger partial charge in [-0.2, -0.15) is 0 Å². The lowest BCUT2D eigenvalue weighted by atomic mass is 10.2. The highest BCUT2D eigenvalue weighted by Crippen LogP contribution is 2.25. The highest BCUT2D eigenvalue weighted by atomic mass is 16.3. The van der Waals surface area contributed by atoms with E-state index in [2.05, 4.69) is 21.8 Å². The molecule has 1 atom stereocenters. The SMILES string of the molecule is C=CCNC(N)=NCC(c1ccco1)N1CCCC1. The molecule has 0 amide bonds. The van der Waals surface area contributed by atoms with Gasteiger partial charge >= 0.3 is 0 Å². The Morgan fingerprint density at radius 1 is 1.58 bits per heavy atom. The van der Waals surface area contributed by atoms with Crippen molar-refractivity contribution in [3.63, 3.8) is 0 Å². The van der Waals surface area contributed by atoms with Gasteiger partial charge in [-0.15, -0.1) is 6.58 Å². The van der Waals surface area contributed by atoms with Crippen molar-refractivity contribution in [3.8, 4) is 0 Å². The summed E-state index contributed by atoms with van der Waals surface area (Å²) in [5.74, 6) is 1.41. The minimum absolute atomic E-state index is 0.182. The number of likely N-dealkylation sites (tertiary alicyclic amines) is 1. The maximum Gasteiger partial charge on any atom is 0.188 e. The molecule has 0 aromatic carbocycles. The summed E-state index contributed by atoms with van der Waals surface area (Å²) in [5, 5.41) is 2.98. The second-order valence-electron chi connectivity index (χ2n) is 4.67. The monoisotopic (exact) mass is 262 g/mol. The van der Waals surface area contributed by atoms with Gasteiger partial charge in [0.1, 0.15) is 5.76 Å². The molecule has 1 saturated heterocycles. The van der Waals surface area contributed by atoms with E-state index >= 15 is 0 Å². The number of hydrogen-bond acceptors (Lipinski definition) is 3. The third-order valence-corrected chi connectivity index (χ3v) is 3.32. The van der Waals surface area contributed by atoms with Gasteiger partial charge < -0.3 is 15.5 Å². The molecule has 3 N–H and O–H groups in total. The fourth-order valence-corrected chi connectivity index (χ4v) is 2.34. The molecule has 0 saturated carbocycles. The lowest BCUT2D eigenvalue weighted by Crippen LogP contribution is -2.34. The van der Waals surface area contributed by atoms with Crippen molar-refractivity contribution in [2.24, 2.45) is 10.7 Å². The number of nitrogens with two attached hydrogens (primary N) is 1. The van der Waals surface area contributed by atoms with E-state index in [1.807, 2.05) is 12.1 Å². The molecule has 1 aliphatic rings. The van der Waals surface area contributed by atoms with Gasteiger partial charge in [-0.1, -0.05) is 6.08 Å². The number of rotatable bonds is 6. The Hall–Kier alpha value is -1.75. The highest BCUT2D eigenvalue weighted by Gasteiger charge is 2.25. The summed E-state index contributed by atoms with van der Waals surface area (Å²) in [6.07, 6.45) is 5.95. The van der Waals surface area contributed by atoms with Crippen LogP contribution in [0.15, 0.2) is 40.5 Å². The lowest BCUT2D eigenvalue weighted by Gasteiger charge is -2.24. The summed E-state index contributed by atoms with van der Waals surface area (Å²) in [5.41, 5.74) is 5.80. The van der Waals surface area contributed by atoms with Crippen LogP contribution in [0.2, 0.25) is 0 Å². The first kappa shape index (κ1) is 13.7. The van der Waals surface area contributed by atoms with E-state index in [4.69, 9.17) is 10.2 Å². The van der Waals surface area contributed by atoms with Crippen LogP contribution in [0.3, 0.4) is 0 Å². The third-order valence-electron chi connectivity index (χ3n) is 3.32. The number of aliphatic imine (C=N–C) groups is 1. The molecule has 1 aliphatic heterocycles. The smallest absolute Gasteiger partial charge is 0.188 e. The maximum absolute atomic E-state index is 5.80. The zero-order valence-corrected chi connectivity index (χ0v) is 11.2. The average Bonchev–Trinajstić information content (AvgIpc) is 3.09. The van der Waals surface area contributed by atoms with Crippen LogP contribution in [-0.2, 0) is 0 Å². The molecule has 104 valence electrons. The Balaban J connectivity index is 1.99. The van der Waals surface area contributed by atoms with E-state index in [1.165, 1.54) is 12.8 Å². The summed E-state index contributed by atoms with van der Waals surface area (Å²) in [6.45, 7) is 7.08. The molecular weight excluding hydrogens is 240 g/mol. The maximum atomic E-state index is 5.80. The lowest BCUT2D eigenvalue weighted by molar-refractivity contribution is 0.221. The minimum Gasteiger partial charge on any atom is -0.468 e. The van der Waals surface area contributed by atoms with Gasteiger partial charge in [0, 0.05) is 6.54 Å². The number of nitrogens with zero attached hydrogens (tertiary/aromatic N) is 2. The molecule has 19 heavy (non-hydrogen) atoms. The second kappa shape index (κ2) is 6.99. The Morgan fingerprint density at radius 2 is 2.37 bits per heavy atom. The summed E-state index contributed by atoms with van der Waals surface area (Å²) < 4.78 is 5.53. The van der Waals surface area contributed by atoms with E-state index < -0.39 is 0 Å². The molecule has 5 nitrogen and oxygen atoms in total. The Morgan fingerprint density at radius 3 is 3.00 bits per heavy atom. The molecule has 1 fully saturated rings. The van der Waals surface area contributed by atoms with Crippen LogP contribution in [0.5, 0.6) is 0 Å². The van der Waals surface area contributed by atoms with Gasteiger partial charge in [0.25, 0.3) is 0 Å². The summed E-state index contributed by atoms with van der Waals surface area (Å²) >= 11 is 0. The third kappa shape index (κ3) is 3.86. The standard InChI is InChI=1S/C14H22N4O/c1-2-7-16-14(15)17-11-12(13-6-5-10-19-13)18-8-3-4-9-18/h2,5-6,10,12H,1,3-4,7-9,11H2,(H3,15,16,17). The van der Waals surface area contributed by atoms with Gasteiger partial charge in [0.2, 0.25) is 0 Å². The van der Waals surface area contributed by atoms with E-state index in [0.717, 1.165) is 18.8 Å². The van der Waals surface area contributed by atoms with Gasteiger partial charge in [-0.25, -0.2) is 0 Å². The van der Waals surface area contributed by atoms with E-state index in [-0.39, 0.29) is 6.04 Å². The molecular formula is C14H22N4O. The zero-order chi connectivity index (χ0) is 13.5. The van der Waals surface area contributed by atoms with Gasteiger partial charge in [0.15, 0.2) is 5.96 Å². The van der Waals surface area contributed by atoms with Crippen molar-refractivity contribution >= 4 is 5.96 Å². The number of nitrogens with one attached hydrogen (secondary N) is 1. The molecule has 0 aliphatic carbocycles. The molecule has 1 aromatic heterocycles. The first-order valence-electron chi connectivity index (χ1n) is 6.73. The van der Waals surface area contributed by atoms with Crippen molar-refractivity contribution in [2.75, 3.05) is 26.2 Å². The summed E-state index contributed by atoms with van der Waals surface area (Å²) in [7, 11) is 0. The van der Waals surface area contributed by atoms with Crippen molar-refractivity contribution in [1.82, 2.24) is 10.2 Å². The molecule has 1 unspecified atom stereocenters. The Kier molecular flexibility index (Phi) is 5.03. The summed E-state index contributed by atoms with van der Waals surface area (Å²) in [4.78, 5) is 6.80. The predicted octanol–water partition coefficient (Wildman–Crippen LogP) is 1.51. The van der Waals surface area contributed by atoms with Crippen LogP contribution in [-0.4, -0.2) is 37.0 Å². The predicted molar refractivity (Wildman–Crippen MR) is 76.9 cm³/mol. The average molecular weight is 262 g/mol. The molecule has 2 heterocycles. The number of hydrogen-bond donors (Lipinski definition) is 2. The number of furan rings is 1. The fraction of sp³-hybridized carbons (Fsp3) is 0.500. The first-order valence-corrected chi connectivity index (χ1v) is 6.73. The van der Waals surface area contributed by atoms with Gasteiger partial charge in [-0.3, -0.25) is 9.89 Å². The first-order chi connectivity index (χ1) is 9.31. The quantitative estimate of drug-likeness (QED) is 0.463. The van der Waals surface area contributed by atoms with Crippen molar-refractivity contribution in [2.45, 2.75) is 18.9 Å². The molecule has 0 spiro atoms. The van der Waals surface area contributed by atoms with Crippen LogP contribution in [0, 0.1) is 0 Å². The largest absolute Gasteiger partial charge is 0.468 e. The van der Waals surface area contributed by atoms with E-state index in [0.29, 0.717) is 19.0 Å². The Labute approximate surface area is 114 Å². The van der Waals surface area contributed by atoms with Crippen LogP contribution in [0.1, 0.15) is 24.6 Å². The van der Waals surface area contributed by atoms with Gasteiger partial charge in [0.05, 0.1) is 18.8 Å². The van der Waals surface area contributed by atoms with Crippen molar-refractivity contribution in [3.05, 3.63) is 36.8 Å². The topological polar surface area (TPSA) is 66.8 Å². The van der Waals surface area contributed by atoms with Crippen molar-refractivity contribution < 1.29 is 4.42 Å². The van der Waals surface area contributed by atoms with Crippen LogP contribution in [0.4, 0.5) is 0 Å². The van der Waals surface area contributed by atoms with E-state index in [9.17, 15) is 0 Å². The molecule has 1 aromatic rings. The van der Waals surface area contributed by atoms with Crippen LogP contribution < -0.4 is 11.1 Å². The van der Waals surface area contributed by atoms with Gasteiger partial charge in [-0.05, 0) is 38.1 Å². The van der Waals surface area contributed by atoms with Crippen LogP contribution in [0.25, 0.3) is 0 Å².